The zero-order valence-electron chi connectivity index (χ0n) is 10.6. The Balaban J connectivity index is 1.83. The normalized spacial score (nSPS) is 10.7. The van der Waals surface area contributed by atoms with Gasteiger partial charge in [-0.1, -0.05) is 48.0 Å². The lowest BCUT2D eigenvalue weighted by molar-refractivity contribution is 0.300. The van der Waals surface area contributed by atoms with Gasteiger partial charge in [-0.2, -0.15) is 0 Å². The molecule has 3 rings (SSSR count). The third-order valence-electron chi connectivity index (χ3n) is 3.17. The van der Waals surface area contributed by atoms with E-state index in [0.29, 0.717) is 16.3 Å². The van der Waals surface area contributed by atoms with E-state index in [-0.39, 0.29) is 12.4 Å². The molecule has 0 saturated carbocycles. The van der Waals surface area contributed by atoms with Crippen molar-refractivity contribution in [2.24, 2.45) is 0 Å². The molecule has 100 valence electrons. The molecule has 0 heterocycles. The first kappa shape index (κ1) is 12.9. The SMILES string of the molecule is Fc1cccc(Cl)c1COc1ccc2ccccc2c1. The highest BCUT2D eigenvalue weighted by Gasteiger charge is 2.07. The summed E-state index contributed by atoms with van der Waals surface area (Å²) in [4.78, 5) is 0. The van der Waals surface area contributed by atoms with E-state index >= 15 is 0 Å². The molecule has 0 aliphatic rings. The first-order valence-corrected chi connectivity index (χ1v) is 6.66. The van der Waals surface area contributed by atoms with Crippen LogP contribution in [-0.4, -0.2) is 0 Å². The smallest absolute Gasteiger partial charge is 0.131 e. The van der Waals surface area contributed by atoms with Gasteiger partial charge >= 0.3 is 0 Å². The second kappa shape index (κ2) is 5.51. The fourth-order valence-electron chi connectivity index (χ4n) is 2.08. The molecule has 0 spiro atoms. The third-order valence-corrected chi connectivity index (χ3v) is 3.52. The zero-order chi connectivity index (χ0) is 13.9. The lowest BCUT2D eigenvalue weighted by Gasteiger charge is -2.09. The van der Waals surface area contributed by atoms with Crippen LogP contribution < -0.4 is 4.74 Å². The van der Waals surface area contributed by atoms with E-state index < -0.39 is 0 Å². The Bertz CT molecular complexity index is 735. The summed E-state index contributed by atoms with van der Waals surface area (Å²) >= 11 is 5.97. The van der Waals surface area contributed by atoms with E-state index in [1.807, 2.05) is 42.5 Å². The van der Waals surface area contributed by atoms with Gasteiger partial charge in [0.05, 0.1) is 5.02 Å². The first-order chi connectivity index (χ1) is 9.74. The van der Waals surface area contributed by atoms with Crippen LogP contribution in [0, 0.1) is 5.82 Å². The molecule has 0 N–H and O–H groups in total. The summed E-state index contributed by atoms with van der Waals surface area (Å²) in [7, 11) is 0. The number of hydrogen-bond acceptors (Lipinski definition) is 1. The van der Waals surface area contributed by atoms with Gasteiger partial charge in [0.1, 0.15) is 18.2 Å². The van der Waals surface area contributed by atoms with Gasteiger partial charge in [0.15, 0.2) is 0 Å². The molecule has 0 aliphatic carbocycles. The number of rotatable bonds is 3. The van der Waals surface area contributed by atoms with Crippen molar-refractivity contribution in [2.45, 2.75) is 6.61 Å². The van der Waals surface area contributed by atoms with Gasteiger partial charge in [-0.3, -0.25) is 0 Å². The van der Waals surface area contributed by atoms with Crippen LogP contribution in [0.15, 0.2) is 60.7 Å². The van der Waals surface area contributed by atoms with Crippen LogP contribution >= 0.6 is 11.6 Å². The quantitative estimate of drug-likeness (QED) is 0.642. The fourth-order valence-corrected chi connectivity index (χ4v) is 2.30. The van der Waals surface area contributed by atoms with Gasteiger partial charge in [-0.15, -0.1) is 0 Å². The van der Waals surface area contributed by atoms with E-state index in [4.69, 9.17) is 16.3 Å². The molecule has 1 nitrogen and oxygen atoms in total. The van der Waals surface area contributed by atoms with Crippen molar-refractivity contribution in [3.63, 3.8) is 0 Å². The highest BCUT2D eigenvalue weighted by molar-refractivity contribution is 6.31. The van der Waals surface area contributed by atoms with E-state index in [9.17, 15) is 4.39 Å². The van der Waals surface area contributed by atoms with Crippen molar-refractivity contribution in [3.05, 3.63) is 77.1 Å². The lowest BCUT2D eigenvalue weighted by atomic mass is 10.1. The summed E-state index contributed by atoms with van der Waals surface area (Å²) in [6.45, 7) is 0.115. The predicted octanol–water partition coefficient (Wildman–Crippen LogP) is 5.21. The minimum atomic E-state index is -0.349. The summed E-state index contributed by atoms with van der Waals surface area (Å²) < 4.78 is 19.3. The Kier molecular flexibility index (Phi) is 3.57. The zero-order valence-corrected chi connectivity index (χ0v) is 11.4. The maximum atomic E-state index is 13.6. The molecule has 3 aromatic rings. The van der Waals surface area contributed by atoms with Gasteiger partial charge in [0.2, 0.25) is 0 Å². The molecule has 0 saturated heterocycles. The van der Waals surface area contributed by atoms with Crippen molar-refractivity contribution in [1.82, 2.24) is 0 Å². The Morgan fingerprint density at radius 1 is 0.900 bits per heavy atom. The average Bonchev–Trinajstić information content (AvgIpc) is 2.46. The number of hydrogen-bond donors (Lipinski definition) is 0. The van der Waals surface area contributed by atoms with Gasteiger partial charge in [-0.05, 0) is 35.0 Å². The highest BCUT2D eigenvalue weighted by Crippen LogP contribution is 2.24. The van der Waals surface area contributed by atoms with Gasteiger partial charge < -0.3 is 4.74 Å². The molecule has 0 amide bonds. The average molecular weight is 287 g/mol. The number of ether oxygens (including phenoxy) is 1. The molecule has 3 aromatic carbocycles. The van der Waals surface area contributed by atoms with E-state index in [1.54, 1.807) is 12.1 Å². The monoisotopic (exact) mass is 286 g/mol. The number of fused-ring (bicyclic) bond motifs is 1. The molecule has 0 radical (unpaired) electrons. The molecule has 0 aliphatic heterocycles. The Morgan fingerprint density at radius 3 is 2.50 bits per heavy atom. The molecular weight excluding hydrogens is 275 g/mol. The minimum absolute atomic E-state index is 0.115. The Labute approximate surface area is 121 Å². The largest absolute Gasteiger partial charge is 0.489 e. The summed E-state index contributed by atoms with van der Waals surface area (Å²) in [5.41, 5.74) is 0.377. The van der Waals surface area contributed by atoms with E-state index in [1.165, 1.54) is 6.07 Å². The second-order valence-corrected chi connectivity index (χ2v) is 4.91. The van der Waals surface area contributed by atoms with Crippen LogP contribution in [0.2, 0.25) is 5.02 Å². The van der Waals surface area contributed by atoms with Crippen molar-refractivity contribution < 1.29 is 9.13 Å². The highest BCUT2D eigenvalue weighted by atomic mass is 35.5. The van der Waals surface area contributed by atoms with E-state index in [2.05, 4.69) is 0 Å². The van der Waals surface area contributed by atoms with Crippen LogP contribution in [-0.2, 0) is 6.61 Å². The standard InChI is InChI=1S/C17H12ClFO/c18-16-6-3-7-17(19)15(16)11-20-14-9-8-12-4-1-2-5-13(12)10-14/h1-10H,11H2. The van der Waals surface area contributed by atoms with Crippen molar-refractivity contribution in [3.8, 4) is 5.75 Å². The van der Waals surface area contributed by atoms with Crippen molar-refractivity contribution in [2.75, 3.05) is 0 Å². The minimum Gasteiger partial charge on any atom is -0.489 e. The molecule has 0 bridgehead atoms. The summed E-state index contributed by atoms with van der Waals surface area (Å²) in [6.07, 6.45) is 0. The predicted molar refractivity (Wildman–Crippen MR) is 79.7 cm³/mol. The molecule has 0 atom stereocenters. The number of halogens is 2. The topological polar surface area (TPSA) is 9.23 Å². The summed E-state index contributed by atoms with van der Waals surface area (Å²) in [6, 6.07) is 18.4. The van der Waals surface area contributed by atoms with E-state index in [0.717, 1.165) is 10.8 Å². The Hall–Kier alpha value is -2.06. The second-order valence-electron chi connectivity index (χ2n) is 4.50. The molecule has 0 aromatic heterocycles. The molecule has 0 unspecified atom stereocenters. The lowest BCUT2D eigenvalue weighted by Crippen LogP contribution is -1.99. The maximum absolute atomic E-state index is 13.6. The van der Waals surface area contributed by atoms with Crippen molar-refractivity contribution >= 4 is 22.4 Å². The summed E-state index contributed by atoms with van der Waals surface area (Å²) in [5, 5.41) is 2.61. The fraction of sp³-hybridized carbons (Fsp3) is 0.0588. The first-order valence-electron chi connectivity index (χ1n) is 6.28. The summed E-state index contributed by atoms with van der Waals surface area (Å²) in [5.74, 6) is 0.348. The van der Waals surface area contributed by atoms with Gasteiger partial charge in [-0.25, -0.2) is 4.39 Å². The molecule has 3 heteroatoms. The molecule has 0 fully saturated rings. The van der Waals surface area contributed by atoms with Gasteiger partial charge in [0.25, 0.3) is 0 Å². The molecule has 20 heavy (non-hydrogen) atoms. The van der Waals surface area contributed by atoms with Crippen molar-refractivity contribution in [1.29, 1.82) is 0 Å². The van der Waals surface area contributed by atoms with Crippen LogP contribution in [0.25, 0.3) is 10.8 Å². The third kappa shape index (κ3) is 2.61. The Morgan fingerprint density at radius 2 is 1.70 bits per heavy atom. The van der Waals surface area contributed by atoms with Crippen LogP contribution in [0.3, 0.4) is 0 Å². The molecular formula is C17H12ClFO. The number of benzene rings is 3. The van der Waals surface area contributed by atoms with Crippen LogP contribution in [0.5, 0.6) is 5.75 Å². The van der Waals surface area contributed by atoms with Crippen LogP contribution in [0.1, 0.15) is 5.56 Å². The maximum Gasteiger partial charge on any atom is 0.131 e. The van der Waals surface area contributed by atoms with Crippen LogP contribution in [0.4, 0.5) is 4.39 Å². The van der Waals surface area contributed by atoms with Gasteiger partial charge in [0, 0.05) is 5.56 Å².